The Kier molecular flexibility index (Phi) is 3.76. The Morgan fingerprint density at radius 2 is 2.10 bits per heavy atom. The van der Waals surface area contributed by atoms with Crippen LogP contribution in [0.3, 0.4) is 0 Å². The molecule has 1 aromatic rings. The van der Waals surface area contributed by atoms with Gasteiger partial charge in [0.15, 0.2) is 0 Å². The van der Waals surface area contributed by atoms with Gasteiger partial charge < -0.3 is 10.0 Å². The van der Waals surface area contributed by atoms with E-state index in [0.29, 0.717) is 18.8 Å². The highest BCUT2D eigenvalue weighted by Crippen LogP contribution is 2.23. The molecule has 0 radical (unpaired) electrons. The standard InChI is InChI=1S/C14H19N3O3/c1-14(2)13(20)16(3)7-8-17(14)9-10-5-4-6-11(15-10)12(18)19/h4-6H,7-9H2,1-3H3,(H,18,19). The van der Waals surface area contributed by atoms with Crippen molar-refractivity contribution in [2.45, 2.75) is 25.9 Å². The lowest BCUT2D eigenvalue weighted by Crippen LogP contribution is -2.61. The maximum atomic E-state index is 12.2. The number of carbonyl (C=O) groups is 2. The molecule has 1 aliphatic heterocycles. The maximum Gasteiger partial charge on any atom is 0.354 e. The van der Waals surface area contributed by atoms with E-state index in [-0.39, 0.29) is 11.6 Å². The second-order valence-corrected chi connectivity index (χ2v) is 5.53. The van der Waals surface area contributed by atoms with Crippen molar-refractivity contribution in [3.8, 4) is 0 Å². The Balaban J connectivity index is 2.19. The highest BCUT2D eigenvalue weighted by molar-refractivity contribution is 5.86. The van der Waals surface area contributed by atoms with E-state index in [1.165, 1.54) is 6.07 Å². The van der Waals surface area contributed by atoms with E-state index in [2.05, 4.69) is 4.98 Å². The van der Waals surface area contributed by atoms with E-state index in [0.717, 1.165) is 6.54 Å². The van der Waals surface area contributed by atoms with Gasteiger partial charge in [-0.3, -0.25) is 9.69 Å². The summed E-state index contributed by atoms with van der Waals surface area (Å²) in [5.41, 5.74) is 0.0876. The molecule has 1 N–H and O–H groups in total. The van der Waals surface area contributed by atoms with Gasteiger partial charge in [-0.2, -0.15) is 0 Å². The van der Waals surface area contributed by atoms with Gasteiger partial charge >= 0.3 is 5.97 Å². The molecule has 2 rings (SSSR count). The highest BCUT2D eigenvalue weighted by Gasteiger charge is 2.40. The maximum absolute atomic E-state index is 12.2. The van der Waals surface area contributed by atoms with Crippen molar-refractivity contribution < 1.29 is 14.7 Å². The zero-order chi connectivity index (χ0) is 14.9. The minimum absolute atomic E-state index is 0.0285. The summed E-state index contributed by atoms with van der Waals surface area (Å²) in [6.45, 7) is 5.64. The van der Waals surface area contributed by atoms with Crippen molar-refractivity contribution >= 4 is 11.9 Å². The third kappa shape index (κ3) is 2.65. The number of carboxylic acids is 1. The number of amides is 1. The molecular weight excluding hydrogens is 258 g/mol. The molecule has 0 unspecified atom stereocenters. The number of rotatable bonds is 3. The van der Waals surface area contributed by atoms with E-state index >= 15 is 0 Å². The largest absolute Gasteiger partial charge is 0.477 e. The fourth-order valence-corrected chi connectivity index (χ4v) is 2.41. The van der Waals surface area contributed by atoms with E-state index in [9.17, 15) is 9.59 Å². The lowest BCUT2D eigenvalue weighted by atomic mass is 9.97. The summed E-state index contributed by atoms with van der Waals surface area (Å²) in [5, 5.41) is 8.96. The molecule has 0 saturated carbocycles. The van der Waals surface area contributed by atoms with Crippen LogP contribution in [0.5, 0.6) is 0 Å². The molecule has 1 saturated heterocycles. The lowest BCUT2D eigenvalue weighted by molar-refractivity contribution is -0.147. The Bertz CT molecular complexity index is 542. The molecule has 1 aromatic heterocycles. The van der Waals surface area contributed by atoms with E-state index in [4.69, 9.17) is 5.11 Å². The van der Waals surface area contributed by atoms with Gasteiger partial charge in [-0.15, -0.1) is 0 Å². The van der Waals surface area contributed by atoms with Gasteiger partial charge in [0.2, 0.25) is 5.91 Å². The number of pyridine rings is 1. The molecule has 0 aliphatic carbocycles. The van der Waals surface area contributed by atoms with Gasteiger partial charge in [0.05, 0.1) is 11.2 Å². The second-order valence-electron chi connectivity index (χ2n) is 5.53. The molecule has 1 fully saturated rings. The number of aromatic carboxylic acids is 1. The predicted octanol–water partition coefficient (Wildman–Crippen LogP) is 0.832. The lowest BCUT2D eigenvalue weighted by Gasteiger charge is -2.44. The van der Waals surface area contributed by atoms with Crippen LogP contribution in [0.1, 0.15) is 30.0 Å². The first-order valence-corrected chi connectivity index (χ1v) is 6.52. The average Bonchev–Trinajstić information content (AvgIpc) is 2.40. The first kappa shape index (κ1) is 14.5. The number of piperazine rings is 1. The molecule has 0 bridgehead atoms. The van der Waals surface area contributed by atoms with Crippen molar-refractivity contribution in [1.82, 2.24) is 14.8 Å². The molecule has 6 heteroatoms. The normalized spacial score (nSPS) is 19.1. The van der Waals surface area contributed by atoms with Crippen molar-refractivity contribution in [1.29, 1.82) is 0 Å². The Morgan fingerprint density at radius 3 is 2.75 bits per heavy atom. The van der Waals surface area contributed by atoms with Crippen molar-refractivity contribution in [3.63, 3.8) is 0 Å². The summed E-state index contributed by atoms with van der Waals surface area (Å²) in [6, 6.07) is 4.92. The van der Waals surface area contributed by atoms with E-state index < -0.39 is 11.5 Å². The predicted molar refractivity (Wildman–Crippen MR) is 73.3 cm³/mol. The summed E-state index contributed by atoms with van der Waals surface area (Å²) < 4.78 is 0. The average molecular weight is 277 g/mol. The molecule has 1 amide bonds. The molecular formula is C14H19N3O3. The van der Waals surface area contributed by atoms with Gasteiger partial charge in [-0.05, 0) is 26.0 Å². The third-order valence-electron chi connectivity index (χ3n) is 3.74. The molecule has 0 atom stereocenters. The van der Waals surface area contributed by atoms with E-state index in [1.807, 2.05) is 18.7 Å². The minimum Gasteiger partial charge on any atom is -0.477 e. The zero-order valence-electron chi connectivity index (χ0n) is 12.0. The summed E-state index contributed by atoms with van der Waals surface area (Å²) in [7, 11) is 1.80. The van der Waals surface area contributed by atoms with Gasteiger partial charge in [-0.25, -0.2) is 9.78 Å². The quantitative estimate of drug-likeness (QED) is 0.886. The number of hydrogen-bond acceptors (Lipinski definition) is 4. The summed E-state index contributed by atoms with van der Waals surface area (Å²) in [6.07, 6.45) is 0. The fraction of sp³-hybridized carbons (Fsp3) is 0.500. The highest BCUT2D eigenvalue weighted by atomic mass is 16.4. The van der Waals surface area contributed by atoms with Crippen LogP contribution >= 0.6 is 0 Å². The molecule has 108 valence electrons. The summed E-state index contributed by atoms with van der Waals surface area (Å²) in [5.74, 6) is -0.973. The molecule has 6 nitrogen and oxygen atoms in total. The van der Waals surface area contributed by atoms with E-state index in [1.54, 1.807) is 24.1 Å². The smallest absolute Gasteiger partial charge is 0.354 e. The first-order valence-electron chi connectivity index (χ1n) is 6.52. The van der Waals surface area contributed by atoms with Crippen molar-refractivity contribution in [2.24, 2.45) is 0 Å². The van der Waals surface area contributed by atoms with Crippen LogP contribution in [0, 0.1) is 0 Å². The molecule has 2 heterocycles. The van der Waals surface area contributed by atoms with Crippen molar-refractivity contribution in [3.05, 3.63) is 29.6 Å². The SMILES string of the molecule is CN1CCN(Cc2cccc(C(=O)O)n2)C(C)(C)C1=O. The van der Waals surface area contributed by atoms with Crippen LogP contribution in [-0.2, 0) is 11.3 Å². The van der Waals surface area contributed by atoms with Gasteiger partial charge in [-0.1, -0.05) is 6.07 Å². The molecule has 20 heavy (non-hydrogen) atoms. The van der Waals surface area contributed by atoms with Gasteiger partial charge in [0.25, 0.3) is 0 Å². The van der Waals surface area contributed by atoms with Crippen LogP contribution in [0.25, 0.3) is 0 Å². The zero-order valence-corrected chi connectivity index (χ0v) is 12.0. The van der Waals surface area contributed by atoms with Gasteiger partial charge in [0.1, 0.15) is 5.69 Å². The summed E-state index contributed by atoms with van der Waals surface area (Å²) >= 11 is 0. The third-order valence-corrected chi connectivity index (χ3v) is 3.74. The Labute approximate surface area is 118 Å². The number of hydrogen-bond donors (Lipinski definition) is 1. The Morgan fingerprint density at radius 1 is 1.40 bits per heavy atom. The van der Waals surface area contributed by atoms with Crippen LogP contribution < -0.4 is 0 Å². The topological polar surface area (TPSA) is 73.7 Å². The molecule has 0 spiro atoms. The van der Waals surface area contributed by atoms with Crippen molar-refractivity contribution in [2.75, 3.05) is 20.1 Å². The number of carbonyl (C=O) groups excluding carboxylic acids is 1. The van der Waals surface area contributed by atoms with Gasteiger partial charge in [0, 0.05) is 26.7 Å². The molecule has 1 aliphatic rings. The van der Waals surface area contributed by atoms with Crippen LogP contribution in [0.4, 0.5) is 0 Å². The van der Waals surface area contributed by atoms with Crippen LogP contribution in [0.15, 0.2) is 18.2 Å². The number of nitrogens with zero attached hydrogens (tertiary/aromatic N) is 3. The second kappa shape index (κ2) is 5.20. The minimum atomic E-state index is -1.04. The monoisotopic (exact) mass is 277 g/mol. The Hall–Kier alpha value is -1.95. The number of likely N-dealkylation sites (N-methyl/N-ethyl adjacent to an activating group) is 1. The summed E-state index contributed by atoms with van der Waals surface area (Å²) in [4.78, 5) is 31.0. The number of carboxylic acid groups (broad SMARTS) is 1. The first-order chi connectivity index (χ1) is 9.32. The van der Waals surface area contributed by atoms with Crippen LogP contribution in [-0.4, -0.2) is 57.4 Å². The number of aromatic nitrogens is 1. The molecule has 0 aromatic carbocycles. The van der Waals surface area contributed by atoms with Crippen LogP contribution in [0.2, 0.25) is 0 Å². The fourth-order valence-electron chi connectivity index (χ4n) is 2.41.